The molecule has 1 atom stereocenters. The molecule has 1 heterocycles. The molecule has 0 saturated heterocycles. The van der Waals surface area contributed by atoms with E-state index in [1.807, 2.05) is 12.4 Å². The molecule has 0 aliphatic heterocycles. The highest BCUT2D eigenvalue weighted by atomic mass is 16.5. The third kappa shape index (κ3) is 4.38. The van der Waals surface area contributed by atoms with Gasteiger partial charge in [0.25, 0.3) is 0 Å². The van der Waals surface area contributed by atoms with Crippen LogP contribution in [0.4, 0.5) is 5.95 Å². The highest BCUT2D eigenvalue weighted by molar-refractivity contribution is 5.27. The summed E-state index contributed by atoms with van der Waals surface area (Å²) >= 11 is 0. The van der Waals surface area contributed by atoms with E-state index in [9.17, 15) is 0 Å². The quantitative estimate of drug-likeness (QED) is 0.758. The molecular formula is C13H25N3O. The lowest BCUT2D eigenvalue weighted by atomic mass is 10.0. The van der Waals surface area contributed by atoms with E-state index in [1.165, 1.54) is 12.8 Å². The van der Waals surface area contributed by atoms with E-state index in [0.717, 1.165) is 18.4 Å². The number of nitrogens with one attached hydrogen (secondary N) is 1. The van der Waals surface area contributed by atoms with Crippen LogP contribution in [0.2, 0.25) is 0 Å². The van der Waals surface area contributed by atoms with Gasteiger partial charge in [-0.15, -0.1) is 0 Å². The molecule has 0 aliphatic carbocycles. The summed E-state index contributed by atoms with van der Waals surface area (Å²) < 4.78 is 7.31. The zero-order valence-corrected chi connectivity index (χ0v) is 11.4. The van der Waals surface area contributed by atoms with Gasteiger partial charge < -0.3 is 14.6 Å². The van der Waals surface area contributed by atoms with Crippen molar-refractivity contribution in [2.75, 3.05) is 19.0 Å². The first-order chi connectivity index (χ1) is 8.21. The minimum absolute atomic E-state index is 0.280. The largest absolute Gasteiger partial charge is 0.383 e. The molecule has 98 valence electrons. The number of hydrogen-bond donors (Lipinski definition) is 1. The summed E-state index contributed by atoms with van der Waals surface area (Å²) in [6.07, 6.45) is 6.31. The van der Waals surface area contributed by atoms with Gasteiger partial charge in [0.1, 0.15) is 0 Å². The average Bonchev–Trinajstić information content (AvgIpc) is 2.73. The van der Waals surface area contributed by atoms with Crippen molar-refractivity contribution in [3.8, 4) is 0 Å². The molecule has 0 aromatic carbocycles. The van der Waals surface area contributed by atoms with Gasteiger partial charge >= 0.3 is 0 Å². The molecule has 1 unspecified atom stereocenters. The van der Waals surface area contributed by atoms with Gasteiger partial charge in [0.05, 0.1) is 6.61 Å². The van der Waals surface area contributed by atoms with E-state index in [2.05, 4.69) is 35.6 Å². The molecule has 0 fully saturated rings. The number of imidazole rings is 1. The molecular weight excluding hydrogens is 214 g/mol. The Bertz CT molecular complexity index is 307. The predicted molar refractivity (Wildman–Crippen MR) is 71.3 cm³/mol. The maximum atomic E-state index is 5.12. The number of ether oxygens (including phenoxy) is 1. The molecule has 0 saturated carbocycles. The number of rotatable bonds is 8. The molecule has 1 rings (SSSR count). The van der Waals surface area contributed by atoms with E-state index in [0.29, 0.717) is 6.61 Å². The molecule has 4 heteroatoms. The molecule has 4 nitrogen and oxygen atoms in total. The summed E-state index contributed by atoms with van der Waals surface area (Å²) in [5.41, 5.74) is 0. The van der Waals surface area contributed by atoms with Crippen LogP contribution in [-0.4, -0.2) is 29.3 Å². The Balaban J connectivity index is 2.59. The topological polar surface area (TPSA) is 39.1 Å². The number of aromatic nitrogens is 2. The van der Waals surface area contributed by atoms with Crippen molar-refractivity contribution in [2.45, 2.75) is 46.2 Å². The van der Waals surface area contributed by atoms with E-state index in [4.69, 9.17) is 4.74 Å². The first-order valence-electron chi connectivity index (χ1n) is 6.47. The van der Waals surface area contributed by atoms with E-state index in [-0.39, 0.29) is 6.04 Å². The molecule has 0 bridgehead atoms. The average molecular weight is 239 g/mol. The first kappa shape index (κ1) is 14.0. The SMILES string of the molecule is CCC(CC)Cn1ccnc1NC(C)COC. The maximum absolute atomic E-state index is 5.12. The van der Waals surface area contributed by atoms with Crippen LogP contribution in [0.1, 0.15) is 33.6 Å². The number of anilines is 1. The fraction of sp³-hybridized carbons (Fsp3) is 0.769. The number of hydrogen-bond acceptors (Lipinski definition) is 3. The molecule has 17 heavy (non-hydrogen) atoms. The van der Waals surface area contributed by atoms with Gasteiger partial charge in [-0.1, -0.05) is 26.7 Å². The number of nitrogens with zero attached hydrogens (tertiary/aromatic N) is 2. The van der Waals surface area contributed by atoms with Crippen molar-refractivity contribution in [2.24, 2.45) is 5.92 Å². The molecule has 1 aromatic heterocycles. The summed E-state index contributed by atoms with van der Waals surface area (Å²) in [7, 11) is 1.72. The number of methoxy groups -OCH3 is 1. The Labute approximate surface area is 104 Å². The minimum Gasteiger partial charge on any atom is -0.383 e. The van der Waals surface area contributed by atoms with Gasteiger partial charge in [0.2, 0.25) is 5.95 Å². The van der Waals surface area contributed by atoms with Gasteiger partial charge in [-0.05, 0) is 12.8 Å². The normalized spacial score (nSPS) is 13.0. The van der Waals surface area contributed by atoms with Crippen molar-refractivity contribution in [1.29, 1.82) is 0 Å². The van der Waals surface area contributed by atoms with Crippen molar-refractivity contribution < 1.29 is 4.74 Å². The van der Waals surface area contributed by atoms with Crippen LogP contribution >= 0.6 is 0 Å². The lowest BCUT2D eigenvalue weighted by molar-refractivity contribution is 0.190. The lowest BCUT2D eigenvalue weighted by Gasteiger charge is -2.18. The van der Waals surface area contributed by atoms with Gasteiger partial charge in [-0.25, -0.2) is 4.98 Å². The van der Waals surface area contributed by atoms with E-state index >= 15 is 0 Å². The fourth-order valence-electron chi connectivity index (χ4n) is 1.93. The lowest BCUT2D eigenvalue weighted by Crippen LogP contribution is -2.23. The predicted octanol–water partition coefficient (Wildman–Crippen LogP) is 2.77. The molecule has 0 spiro atoms. The second kappa shape index (κ2) is 7.33. The maximum Gasteiger partial charge on any atom is 0.203 e. The Kier molecular flexibility index (Phi) is 6.05. The van der Waals surface area contributed by atoms with Crippen LogP contribution in [0.25, 0.3) is 0 Å². The van der Waals surface area contributed by atoms with Crippen molar-refractivity contribution in [3.05, 3.63) is 12.4 Å². The standard InChI is InChI=1S/C13H25N3O/c1-5-12(6-2)9-16-8-7-14-13(16)15-11(3)10-17-4/h7-8,11-12H,5-6,9-10H2,1-4H3,(H,14,15). The Morgan fingerprint density at radius 2 is 2.12 bits per heavy atom. The summed E-state index contributed by atoms with van der Waals surface area (Å²) in [5, 5.41) is 3.37. The van der Waals surface area contributed by atoms with Gasteiger partial charge in [-0.3, -0.25) is 0 Å². The highest BCUT2D eigenvalue weighted by Crippen LogP contribution is 2.15. The first-order valence-corrected chi connectivity index (χ1v) is 6.47. The molecule has 1 aromatic rings. The van der Waals surface area contributed by atoms with Crippen LogP contribution in [-0.2, 0) is 11.3 Å². The van der Waals surface area contributed by atoms with Crippen LogP contribution in [0, 0.1) is 5.92 Å². The second-order valence-corrected chi connectivity index (χ2v) is 4.59. The summed E-state index contributed by atoms with van der Waals surface area (Å²) in [6.45, 7) is 8.31. The Hall–Kier alpha value is -1.03. The monoisotopic (exact) mass is 239 g/mol. The van der Waals surface area contributed by atoms with E-state index in [1.54, 1.807) is 7.11 Å². The summed E-state index contributed by atoms with van der Waals surface area (Å²) in [6, 6.07) is 0.280. The van der Waals surface area contributed by atoms with Gasteiger partial charge in [0, 0.05) is 32.1 Å². The highest BCUT2D eigenvalue weighted by Gasteiger charge is 2.10. The summed E-state index contributed by atoms with van der Waals surface area (Å²) in [5.74, 6) is 1.67. The minimum atomic E-state index is 0.280. The molecule has 0 amide bonds. The van der Waals surface area contributed by atoms with Crippen molar-refractivity contribution in [3.63, 3.8) is 0 Å². The molecule has 0 aliphatic rings. The summed E-state index contributed by atoms with van der Waals surface area (Å²) in [4.78, 5) is 4.36. The zero-order valence-electron chi connectivity index (χ0n) is 11.4. The molecule has 0 radical (unpaired) electrons. The van der Waals surface area contributed by atoms with E-state index < -0.39 is 0 Å². The smallest absolute Gasteiger partial charge is 0.203 e. The van der Waals surface area contributed by atoms with Crippen molar-refractivity contribution in [1.82, 2.24) is 9.55 Å². The van der Waals surface area contributed by atoms with Gasteiger partial charge in [0.15, 0.2) is 0 Å². The van der Waals surface area contributed by atoms with Crippen LogP contribution in [0.15, 0.2) is 12.4 Å². The second-order valence-electron chi connectivity index (χ2n) is 4.59. The van der Waals surface area contributed by atoms with Gasteiger partial charge in [-0.2, -0.15) is 0 Å². The third-order valence-corrected chi connectivity index (χ3v) is 3.12. The Morgan fingerprint density at radius 1 is 1.41 bits per heavy atom. The third-order valence-electron chi connectivity index (χ3n) is 3.12. The van der Waals surface area contributed by atoms with Crippen LogP contribution in [0.3, 0.4) is 0 Å². The van der Waals surface area contributed by atoms with Crippen molar-refractivity contribution >= 4 is 5.95 Å². The molecule has 1 N–H and O–H groups in total. The van der Waals surface area contributed by atoms with Crippen LogP contribution < -0.4 is 5.32 Å². The van der Waals surface area contributed by atoms with Crippen LogP contribution in [0.5, 0.6) is 0 Å². The Morgan fingerprint density at radius 3 is 2.71 bits per heavy atom. The fourth-order valence-corrected chi connectivity index (χ4v) is 1.93. The zero-order chi connectivity index (χ0) is 12.7.